The van der Waals surface area contributed by atoms with Crippen LogP contribution in [0, 0.1) is 5.41 Å². The van der Waals surface area contributed by atoms with Crippen LogP contribution >= 0.6 is 15.9 Å². The van der Waals surface area contributed by atoms with Gasteiger partial charge in [0, 0.05) is 6.54 Å². The SMILES string of the molecule is CCNc1ncnc(OCCC(C)(C)C)c1Br. The number of aromatic nitrogens is 2. The molecule has 0 aliphatic carbocycles. The second-order valence-corrected chi connectivity index (χ2v) is 5.82. The molecule has 1 rings (SSSR count). The Labute approximate surface area is 111 Å². The lowest BCUT2D eigenvalue weighted by Crippen LogP contribution is -2.12. The van der Waals surface area contributed by atoms with Gasteiger partial charge in [0.1, 0.15) is 16.6 Å². The molecule has 96 valence electrons. The lowest BCUT2D eigenvalue weighted by Gasteiger charge is -2.18. The van der Waals surface area contributed by atoms with E-state index in [2.05, 4.69) is 52.0 Å². The molecule has 0 atom stereocenters. The summed E-state index contributed by atoms with van der Waals surface area (Å²) in [7, 11) is 0. The standard InChI is InChI=1S/C12H20BrN3O/c1-5-14-10-9(13)11(16-8-15-10)17-7-6-12(2,3)4/h8H,5-7H2,1-4H3,(H,14,15,16). The topological polar surface area (TPSA) is 47.0 Å². The molecule has 1 N–H and O–H groups in total. The van der Waals surface area contributed by atoms with E-state index in [1.807, 2.05) is 6.92 Å². The number of rotatable bonds is 5. The van der Waals surface area contributed by atoms with Crippen molar-refractivity contribution in [2.45, 2.75) is 34.1 Å². The minimum atomic E-state index is 0.268. The molecule has 5 heteroatoms. The predicted octanol–water partition coefficient (Wildman–Crippen LogP) is 3.49. The fourth-order valence-corrected chi connectivity index (χ4v) is 1.66. The Morgan fingerprint density at radius 3 is 2.65 bits per heavy atom. The van der Waals surface area contributed by atoms with Gasteiger partial charge in [0.2, 0.25) is 5.88 Å². The van der Waals surface area contributed by atoms with E-state index in [1.54, 1.807) is 0 Å². The van der Waals surface area contributed by atoms with Gasteiger partial charge in [0.25, 0.3) is 0 Å². The van der Waals surface area contributed by atoms with Crippen molar-refractivity contribution in [2.75, 3.05) is 18.5 Å². The van der Waals surface area contributed by atoms with Crippen LogP contribution in [-0.4, -0.2) is 23.1 Å². The molecule has 0 radical (unpaired) electrons. The molecule has 0 fully saturated rings. The largest absolute Gasteiger partial charge is 0.477 e. The quantitative estimate of drug-likeness (QED) is 0.904. The van der Waals surface area contributed by atoms with Crippen molar-refractivity contribution in [3.05, 3.63) is 10.8 Å². The summed E-state index contributed by atoms with van der Waals surface area (Å²) in [6.45, 7) is 10.1. The molecule has 0 unspecified atom stereocenters. The van der Waals surface area contributed by atoms with Crippen LogP contribution in [0.1, 0.15) is 34.1 Å². The summed E-state index contributed by atoms with van der Waals surface area (Å²) in [5.74, 6) is 1.37. The zero-order chi connectivity index (χ0) is 12.9. The summed E-state index contributed by atoms with van der Waals surface area (Å²) in [4.78, 5) is 8.26. The molecule has 17 heavy (non-hydrogen) atoms. The number of halogens is 1. The normalized spacial score (nSPS) is 11.4. The number of nitrogens with zero attached hydrogens (tertiary/aromatic N) is 2. The highest BCUT2D eigenvalue weighted by Gasteiger charge is 2.13. The highest BCUT2D eigenvalue weighted by atomic mass is 79.9. The van der Waals surface area contributed by atoms with Gasteiger partial charge < -0.3 is 10.1 Å². The molecule has 0 amide bonds. The smallest absolute Gasteiger partial charge is 0.233 e. The average molecular weight is 302 g/mol. The molecule has 1 heterocycles. The first-order valence-corrected chi connectivity index (χ1v) is 6.60. The summed E-state index contributed by atoms with van der Waals surface area (Å²) in [6, 6.07) is 0. The molecule has 0 aromatic carbocycles. The molecule has 0 aliphatic heterocycles. The molecule has 1 aromatic rings. The second kappa shape index (κ2) is 6.19. The number of hydrogen-bond donors (Lipinski definition) is 1. The van der Waals surface area contributed by atoms with Crippen LogP contribution in [0.5, 0.6) is 5.88 Å². The van der Waals surface area contributed by atoms with Gasteiger partial charge in [0.05, 0.1) is 6.61 Å². The van der Waals surface area contributed by atoms with Gasteiger partial charge in [0.15, 0.2) is 0 Å². The summed E-state index contributed by atoms with van der Waals surface area (Å²) < 4.78 is 6.45. The van der Waals surface area contributed by atoms with Gasteiger partial charge in [-0.25, -0.2) is 9.97 Å². The Hall–Kier alpha value is -0.840. The van der Waals surface area contributed by atoms with Crippen LogP contribution in [0.25, 0.3) is 0 Å². The Morgan fingerprint density at radius 2 is 2.06 bits per heavy atom. The zero-order valence-electron chi connectivity index (χ0n) is 10.9. The first-order chi connectivity index (χ1) is 7.94. The molecule has 4 nitrogen and oxygen atoms in total. The van der Waals surface area contributed by atoms with Crippen molar-refractivity contribution < 1.29 is 4.74 Å². The summed E-state index contributed by atoms with van der Waals surface area (Å²) >= 11 is 3.45. The lowest BCUT2D eigenvalue weighted by atomic mass is 9.93. The third-order valence-electron chi connectivity index (χ3n) is 2.19. The molecule has 0 aliphatic rings. The zero-order valence-corrected chi connectivity index (χ0v) is 12.5. The maximum Gasteiger partial charge on any atom is 0.233 e. The fourth-order valence-electron chi connectivity index (χ4n) is 1.20. The molecule has 0 spiro atoms. The van der Waals surface area contributed by atoms with Gasteiger partial charge >= 0.3 is 0 Å². The maximum absolute atomic E-state index is 5.66. The van der Waals surface area contributed by atoms with Crippen LogP contribution in [0.3, 0.4) is 0 Å². The van der Waals surface area contributed by atoms with Crippen molar-refractivity contribution in [3.63, 3.8) is 0 Å². The Kier molecular flexibility index (Phi) is 5.18. The van der Waals surface area contributed by atoms with Gasteiger partial charge in [-0.1, -0.05) is 20.8 Å². The summed E-state index contributed by atoms with van der Waals surface area (Å²) in [5.41, 5.74) is 0.268. The van der Waals surface area contributed by atoms with Gasteiger partial charge in [-0.05, 0) is 34.7 Å². The van der Waals surface area contributed by atoms with Crippen molar-refractivity contribution >= 4 is 21.7 Å². The van der Waals surface area contributed by atoms with Crippen molar-refractivity contribution in [1.82, 2.24) is 9.97 Å². The molecule has 1 aromatic heterocycles. The Morgan fingerprint density at radius 1 is 1.35 bits per heavy atom. The van der Waals surface area contributed by atoms with E-state index in [0.717, 1.165) is 23.3 Å². The number of hydrogen-bond acceptors (Lipinski definition) is 4. The van der Waals surface area contributed by atoms with Gasteiger partial charge in [-0.2, -0.15) is 0 Å². The summed E-state index contributed by atoms with van der Waals surface area (Å²) in [5, 5.41) is 3.14. The van der Waals surface area contributed by atoms with Crippen molar-refractivity contribution in [2.24, 2.45) is 5.41 Å². The van der Waals surface area contributed by atoms with Crippen LogP contribution in [0.2, 0.25) is 0 Å². The minimum Gasteiger partial charge on any atom is -0.477 e. The van der Waals surface area contributed by atoms with E-state index in [1.165, 1.54) is 6.33 Å². The van der Waals surface area contributed by atoms with E-state index in [0.29, 0.717) is 12.5 Å². The van der Waals surface area contributed by atoms with E-state index >= 15 is 0 Å². The fraction of sp³-hybridized carbons (Fsp3) is 0.667. The average Bonchev–Trinajstić information content (AvgIpc) is 2.22. The number of nitrogens with one attached hydrogen (secondary N) is 1. The van der Waals surface area contributed by atoms with Crippen LogP contribution in [-0.2, 0) is 0 Å². The molecule has 0 saturated heterocycles. The first kappa shape index (κ1) is 14.2. The Bertz CT molecular complexity index is 363. The third-order valence-corrected chi connectivity index (χ3v) is 2.91. The highest BCUT2D eigenvalue weighted by Crippen LogP contribution is 2.29. The van der Waals surface area contributed by atoms with Crippen molar-refractivity contribution in [1.29, 1.82) is 0 Å². The van der Waals surface area contributed by atoms with E-state index in [4.69, 9.17) is 4.74 Å². The van der Waals surface area contributed by atoms with Crippen molar-refractivity contribution in [3.8, 4) is 5.88 Å². The van der Waals surface area contributed by atoms with E-state index < -0.39 is 0 Å². The predicted molar refractivity (Wildman–Crippen MR) is 73.5 cm³/mol. The van der Waals surface area contributed by atoms with Crippen LogP contribution in [0.15, 0.2) is 10.8 Å². The molecule has 0 saturated carbocycles. The monoisotopic (exact) mass is 301 g/mol. The highest BCUT2D eigenvalue weighted by molar-refractivity contribution is 9.10. The first-order valence-electron chi connectivity index (χ1n) is 5.81. The minimum absolute atomic E-state index is 0.268. The maximum atomic E-state index is 5.66. The van der Waals surface area contributed by atoms with Gasteiger partial charge in [-0.3, -0.25) is 0 Å². The number of ether oxygens (including phenoxy) is 1. The lowest BCUT2D eigenvalue weighted by molar-refractivity contribution is 0.235. The molecular weight excluding hydrogens is 282 g/mol. The third kappa shape index (κ3) is 4.89. The van der Waals surface area contributed by atoms with Crippen LogP contribution in [0.4, 0.5) is 5.82 Å². The van der Waals surface area contributed by atoms with Gasteiger partial charge in [-0.15, -0.1) is 0 Å². The molecule has 0 bridgehead atoms. The van der Waals surface area contributed by atoms with E-state index in [-0.39, 0.29) is 5.41 Å². The summed E-state index contributed by atoms with van der Waals surface area (Å²) in [6.07, 6.45) is 2.50. The molecular formula is C12H20BrN3O. The van der Waals surface area contributed by atoms with E-state index in [9.17, 15) is 0 Å². The second-order valence-electron chi connectivity index (χ2n) is 5.03. The number of anilines is 1. The Balaban J connectivity index is 2.62. The van der Waals surface area contributed by atoms with Crippen LogP contribution < -0.4 is 10.1 Å².